The number of nitrogens with zero attached hydrogens (tertiary/aromatic N) is 1. The predicted molar refractivity (Wildman–Crippen MR) is 86.1 cm³/mol. The van der Waals surface area contributed by atoms with Gasteiger partial charge >= 0.3 is 0 Å². The van der Waals surface area contributed by atoms with Crippen LogP contribution in [-0.2, 0) is 0 Å². The molecule has 3 heteroatoms. The highest BCUT2D eigenvalue weighted by atomic mass is 32.2. The van der Waals surface area contributed by atoms with E-state index in [2.05, 4.69) is 66.6 Å². The molecule has 1 aliphatic heterocycles. The Labute approximate surface area is 118 Å². The third kappa shape index (κ3) is 2.76. The molecule has 98 valence electrons. The molecule has 0 fully saturated rings. The van der Waals surface area contributed by atoms with Crippen LogP contribution in [0.1, 0.15) is 13.8 Å². The summed E-state index contributed by atoms with van der Waals surface area (Å²) in [5.74, 6) is 0.671. The predicted octanol–water partition coefficient (Wildman–Crippen LogP) is 4.38. The fraction of sp³-hybridized carbons (Fsp3) is 0.312. The Balaban J connectivity index is 1.76. The summed E-state index contributed by atoms with van der Waals surface area (Å²) in [4.78, 5) is 4.58. The minimum absolute atomic E-state index is 0.614. The standard InChI is InChI=1S/C16H18N2S/c1-11(2)15-10-17-16(19-15)18-14-8-7-12-5-3-4-6-13(12)9-14/h3-9,11,15H,10H2,1-2H3,(H,17,18). The number of fused-ring (bicyclic) bond motifs is 1. The third-order valence-electron chi connectivity index (χ3n) is 3.42. The van der Waals surface area contributed by atoms with Gasteiger partial charge in [0.25, 0.3) is 0 Å². The Morgan fingerprint density at radius 1 is 1.16 bits per heavy atom. The van der Waals surface area contributed by atoms with Crippen molar-refractivity contribution in [3.05, 3.63) is 42.5 Å². The first-order chi connectivity index (χ1) is 9.22. The molecule has 0 spiro atoms. The van der Waals surface area contributed by atoms with Crippen molar-refractivity contribution >= 4 is 33.4 Å². The quantitative estimate of drug-likeness (QED) is 0.875. The summed E-state index contributed by atoms with van der Waals surface area (Å²) < 4.78 is 0. The van der Waals surface area contributed by atoms with Crippen LogP contribution < -0.4 is 5.32 Å². The average molecular weight is 270 g/mol. The van der Waals surface area contributed by atoms with E-state index in [0.717, 1.165) is 17.4 Å². The van der Waals surface area contributed by atoms with Gasteiger partial charge in [0.15, 0.2) is 5.17 Å². The van der Waals surface area contributed by atoms with Crippen LogP contribution in [0.5, 0.6) is 0 Å². The Bertz CT molecular complexity index is 619. The highest BCUT2D eigenvalue weighted by Gasteiger charge is 2.22. The topological polar surface area (TPSA) is 24.4 Å². The number of anilines is 1. The van der Waals surface area contributed by atoms with Gasteiger partial charge in [0.1, 0.15) is 0 Å². The van der Waals surface area contributed by atoms with Crippen molar-refractivity contribution in [2.75, 3.05) is 11.9 Å². The Morgan fingerprint density at radius 3 is 2.68 bits per heavy atom. The molecule has 1 aliphatic rings. The van der Waals surface area contributed by atoms with Crippen LogP contribution >= 0.6 is 11.8 Å². The molecular formula is C16H18N2S. The van der Waals surface area contributed by atoms with Crippen molar-refractivity contribution in [1.82, 2.24) is 0 Å². The fourth-order valence-corrected chi connectivity index (χ4v) is 3.23. The van der Waals surface area contributed by atoms with E-state index in [9.17, 15) is 0 Å². The molecule has 0 radical (unpaired) electrons. The van der Waals surface area contributed by atoms with Crippen molar-refractivity contribution in [3.63, 3.8) is 0 Å². The molecule has 1 heterocycles. The summed E-state index contributed by atoms with van der Waals surface area (Å²) >= 11 is 1.86. The monoisotopic (exact) mass is 270 g/mol. The number of nitrogens with one attached hydrogen (secondary N) is 1. The number of rotatable bonds is 2. The van der Waals surface area contributed by atoms with E-state index in [1.54, 1.807) is 0 Å². The maximum absolute atomic E-state index is 4.58. The van der Waals surface area contributed by atoms with Crippen LogP contribution in [0.25, 0.3) is 10.8 Å². The highest BCUT2D eigenvalue weighted by molar-refractivity contribution is 8.15. The van der Waals surface area contributed by atoms with E-state index in [0.29, 0.717) is 11.2 Å². The van der Waals surface area contributed by atoms with E-state index < -0.39 is 0 Å². The SMILES string of the molecule is CC(C)C1CN=C(Nc2ccc3ccccc3c2)S1. The lowest BCUT2D eigenvalue weighted by Crippen LogP contribution is -2.13. The van der Waals surface area contributed by atoms with E-state index >= 15 is 0 Å². The van der Waals surface area contributed by atoms with Crippen LogP contribution in [-0.4, -0.2) is 17.0 Å². The molecule has 1 N–H and O–H groups in total. The molecule has 0 saturated carbocycles. The van der Waals surface area contributed by atoms with Crippen molar-refractivity contribution in [1.29, 1.82) is 0 Å². The smallest absolute Gasteiger partial charge is 0.161 e. The summed E-state index contributed by atoms with van der Waals surface area (Å²) in [5, 5.41) is 7.63. The van der Waals surface area contributed by atoms with Gasteiger partial charge in [0, 0.05) is 10.9 Å². The number of hydrogen-bond donors (Lipinski definition) is 1. The van der Waals surface area contributed by atoms with E-state index in [4.69, 9.17) is 0 Å². The lowest BCUT2D eigenvalue weighted by atomic mass is 10.1. The first-order valence-corrected chi connectivity index (χ1v) is 7.57. The van der Waals surface area contributed by atoms with Gasteiger partial charge in [-0.25, -0.2) is 0 Å². The number of amidine groups is 1. The highest BCUT2D eigenvalue weighted by Crippen LogP contribution is 2.28. The zero-order valence-corrected chi connectivity index (χ0v) is 12.1. The average Bonchev–Trinajstić information content (AvgIpc) is 2.87. The van der Waals surface area contributed by atoms with Crippen molar-refractivity contribution in [2.45, 2.75) is 19.1 Å². The van der Waals surface area contributed by atoms with Gasteiger partial charge < -0.3 is 5.32 Å². The molecule has 2 nitrogen and oxygen atoms in total. The van der Waals surface area contributed by atoms with Crippen molar-refractivity contribution < 1.29 is 0 Å². The van der Waals surface area contributed by atoms with Crippen LogP contribution in [0.4, 0.5) is 5.69 Å². The summed E-state index contributed by atoms with van der Waals surface area (Å²) in [7, 11) is 0. The molecule has 1 atom stereocenters. The van der Waals surface area contributed by atoms with Crippen LogP contribution in [0.2, 0.25) is 0 Å². The van der Waals surface area contributed by atoms with Crippen LogP contribution in [0.3, 0.4) is 0 Å². The van der Waals surface area contributed by atoms with E-state index in [-0.39, 0.29) is 0 Å². The molecule has 0 bridgehead atoms. The Kier molecular flexibility index (Phi) is 3.47. The van der Waals surface area contributed by atoms with Crippen molar-refractivity contribution in [3.8, 4) is 0 Å². The molecule has 2 aromatic rings. The summed E-state index contributed by atoms with van der Waals surface area (Å²) in [6.45, 7) is 5.44. The summed E-state index contributed by atoms with van der Waals surface area (Å²) in [5.41, 5.74) is 1.12. The first kappa shape index (κ1) is 12.5. The first-order valence-electron chi connectivity index (χ1n) is 6.69. The normalized spacial score (nSPS) is 18.9. The Morgan fingerprint density at radius 2 is 1.95 bits per heavy atom. The second-order valence-corrected chi connectivity index (χ2v) is 6.46. The third-order valence-corrected chi connectivity index (χ3v) is 4.87. The minimum Gasteiger partial charge on any atom is -0.335 e. The fourth-order valence-electron chi connectivity index (χ4n) is 2.20. The number of hydrogen-bond acceptors (Lipinski definition) is 3. The molecule has 0 aromatic heterocycles. The lowest BCUT2D eigenvalue weighted by Gasteiger charge is -2.12. The number of thioether (sulfide) groups is 1. The maximum atomic E-state index is 4.58. The van der Waals surface area contributed by atoms with Gasteiger partial charge in [-0.1, -0.05) is 55.9 Å². The Hall–Kier alpha value is -1.48. The van der Waals surface area contributed by atoms with Gasteiger partial charge in [-0.05, 0) is 28.8 Å². The van der Waals surface area contributed by atoms with E-state index in [1.807, 2.05) is 11.8 Å². The maximum Gasteiger partial charge on any atom is 0.161 e. The second kappa shape index (κ2) is 5.25. The van der Waals surface area contributed by atoms with Gasteiger partial charge in [-0.15, -0.1) is 0 Å². The van der Waals surface area contributed by atoms with Crippen LogP contribution in [0.15, 0.2) is 47.5 Å². The van der Waals surface area contributed by atoms with E-state index in [1.165, 1.54) is 10.8 Å². The molecular weight excluding hydrogens is 252 g/mol. The summed E-state index contributed by atoms with van der Waals surface area (Å²) in [6, 6.07) is 14.9. The van der Waals surface area contributed by atoms with Gasteiger partial charge in [0.05, 0.1) is 6.54 Å². The molecule has 19 heavy (non-hydrogen) atoms. The van der Waals surface area contributed by atoms with Gasteiger partial charge in [-0.3, -0.25) is 4.99 Å². The largest absolute Gasteiger partial charge is 0.335 e. The number of benzene rings is 2. The summed E-state index contributed by atoms with van der Waals surface area (Å²) in [6.07, 6.45) is 0. The van der Waals surface area contributed by atoms with Gasteiger partial charge in [0.2, 0.25) is 0 Å². The molecule has 1 unspecified atom stereocenters. The molecule has 0 saturated heterocycles. The van der Waals surface area contributed by atoms with Gasteiger partial charge in [-0.2, -0.15) is 0 Å². The molecule has 0 aliphatic carbocycles. The zero-order chi connectivity index (χ0) is 13.2. The van der Waals surface area contributed by atoms with Crippen LogP contribution in [0, 0.1) is 5.92 Å². The minimum atomic E-state index is 0.614. The molecule has 0 amide bonds. The number of aliphatic imine (C=N–C) groups is 1. The molecule has 3 rings (SSSR count). The molecule has 2 aromatic carbocycles. The van der Waals surface area contributed by atoms with Crippen molar-refractivity contribution in [2.24, 2.45) is 10.9 Å². The lowest BCUT2D eigenvalue weighted by molar-refractivity contribution is 0.621. The zero-order valence-electron chi connectivity index (χ0n) is 11.3. The second-order valence-electron chi connectivity index (χ2n) is 5.23.